The first kappa shape index (κ1) is 13.4. The normalized spacial score (nSPS) is 10.8. The summed E-state index contributed by atoms with van der Waals surface area (Å²) in [5.41, 5.74) is 0.406. The molecule has 0 saturated carbocycles. The van der Waals surface area contributed by atoms with Crippen LogP contribution in [0.1, 0.15) is 42.6 Å². The molecule has 1 aromatic carbocycles. The average Bonchev–Trinajstić information content (AvgIpc) is 2.20. The second-order valence-corrected chi connectivity index (χ2v) is 4.59. The Morgan fingerprint density at radius 1 is 1.24 bits per heavy atom. The highest BCUT2D eigenvalue weighted by Gasteiger charge is 2.13. The van der Waals surface area contributed by atoms with E-state index in [9.17, 15) is 15.0 Å². The van der Waals surface area contributed by atoms with Gasteiger partial charge in [0.25, 0.3) is 0 Å². The highest BCUT2D eigenvalue weighted by Crippen LogP contribution is 2.28. The van der Waals surface area contributed by atoms with E-state index in [2.05, 4.69) is 13.8 Å². The molecule has 0 radical (unpaired) electrons. The molecule has 0 saturated heterocycles. The van der Waals surface area contributed by atoms with Crippen molar-refractivity contribution in [2.45, 2.75) is 33.1 Å². The van der Waals surface area contributed by atoms with Crippen LogP contribution in [-0.2, 0) is 6.42 Å². The Hall–Kier alpha value is -1.71. The van der Waals surface area contributed by atoms with E-state index in [0.717, 1.165) is 18.9 Å². The highest BCUT2D eigenvalue weighted by molar-refractivity contribution is 5.91. The molecule has 17 heavy (non-hydrogen) atoms. The van der Waals surface area contributed by atoms with Crippen molar-refractivity contribution in [2.24, 2.45) is 5.92 Å². The maximum atomic E-state index is 10.8. The summed E-state index contributed by atoms with van der Waals surface area (Å²) in [4.78, 5) is 10.8. The van der Waals surface area contributed by atoms with Gasteiger partial charge in [-0.2, -0.15) is 0 Å². The van der Waals surface area contributed by atoms with Gasteiger partial charge in [-0.15, -0.1) is 0 Å². The average molecular weight is 238 g/mol. The second kappa shape index (κ2) is 5.57. The van der Waals surface area contributed by atoms with Crippen LogP contribution in [0.3, 0.4) is 0 Å². The van der Waals surface area contributed by atoms with Crippen molar-refractivity contribution >= 4 is 5.97 Å². The fourth-order valence-corrected chi connectivity index (χ4v) is 1.69. The topological polar surface area (TPSA) is 77.8 Å². The molecule has 0 heterocycles. The number of phenolic OH excluding ortho intramolecular Hbond substituents is 1. The van der Waals surface area contributed by atoms with E-state index < -0.39 is 11.7 Å². The van der Waals surface area contributed by atoms with Crippen molar-refractivity contribution < 1.29 is 20.1 Å². The summed E-state index contributed by atoms with van der Waals surface area (Å²) in [6.45, 7) is 4.22. The SMILES string of the molecule is CC(C)CCCc1cc(C(=O)O)c(O)cc1O. The predicted molar refractivity (Wildman–Crippen MR) is 64.5 cm³/mol. The summed E-state index contributed by atoms with van der Waals surface area (Å²) >= 11 is 0. The number of aromatic carboxylic acids is 1. The predicted octanol–water partition coefficient (Wildman–Crippen LogP) is 2.77. The van der Waals surface area contributed by atoms with Crippen molar-refractivity contribution in [1.29, 1.82) is 0 Å². The van der Waals surface area contributed by atoms with Crippen molar-refractivity contribution in [3.8, 4) is 11.5 Å². The molecule has 0 aromatic heterocycles. The molecule has 0 unspecified atom stereocenters. The Morgan fingerprint density at radius 2 is 1.88 bits per heavy atom. The van der Waals surface area contributed by atoms with Crippen LogP contribution >= 0.6 is 0 Å². The van der Waals surface area contributed by atoms with Crippen LogP contribution < -0.4 is 0 Å². The van der Waals surface area contributed by atoms with Crippen molar-refractivity contribution in [3.63, 3.8) is 0 Å². The molecule has 0 aliphatic carbocycles. The van der Waals surface area contributed by atoms with E-state index in [1.165, 1.54) is 6.07 Å². The fraction of sp³-hybridized carbons (Fsp3) is 0.462. The van der Waals surface area contributed by atoms with E-state index in [4.69, 9.17) is 5.11 Å². The molecule has 4 nitrogen and oxygen atoms in total. The minimum absolute atomic E-state index is 0.0451. The number of carboxylic acids is 1. The van der Waals surface area contributed by atoms with Gasteiger partial charge in [0.05, 0.1) is 0 Å². The second-order valence-electron chi connectivity index (χ2n) is 4.59. The molecule has 0 fully saturated rings. The minimum atomic E-state index is -1.19. The summed E-state index contributed by atoms with van der Waals surface area (Å²) in [5.74, 6) is -1.06. The van der Waals surface area contributed by atoms with E-state index in [-0.39, 0.29) is 11.3 Å². The molecular weight excluding hydrogens is 220 g/mol. The van der Waals surface area contributed by atoms with Gasteiger partial charge < -0.3 is 15.3 Å². The van der Waals surface area contributed by atoms with Crippen LogP contribution in [0.25, 0.3) is 0 Å². The zero-order valence-electron chi connectivity index (χ0n) is 10.1. The number of hydrogen-bond acceptors (Lipinski definition) is 3. The van der Waals surface area contributed by atoms with Gasteiger partial charge in [-0.1, -0.05) is 20.3 Å². The Bertz CT molecular complexity index is 410. The third kappa shape index (κ3) is 3.66. The molecule has 0 atom stereocenters. The van der Waals surface area contributed by atoms with E-state index in [0.29, 0.717) is 17.9 Å². The summed E-state index contributed by atoms with van der Waals surface area (Å²) in [6, 6.07) is 2.43. The Labute approximate surface area is 101 Å². The van der Waals surface area contributed by atoms with E-state index in [1.807, 2.05) is 0 Å². The van der Waals surface area contributed by atoms with Crippen molar-refractivity contribution in [2.75, 3.05) is 0 Å². The molecule has 0 aliphatic heterocycles. The maximum Gasteiger partial charge on any atom is 0.339 e. The van der Waals surface area contributed by atoms with Crippen molar-refractivity contribution in [1.82, 2.24) is 0 Å². The van der Waals surface area contributed by atoms with E-state index in [1.54, 1.807) is 0 Å². The number of aryl methyl sites for hydroxylation is 1. The lowest BCUT2D eigenvalue weighted by atomic mass is 10.00. The van der Waals surface area contributed by atoms with Gasteiger partial charge >= 0.3 is 5.97 Å². The number of rotatable bonds is 5. The molecule has 3 N–H and O–H groups in total. The largest absolute Gasteiger partial charge is 0.508 e. The molecule has 4 heteroatoms. The van der Waals surface area contributed by atoms with Crippen LogP contribution in [0.5, 0.6) is 11.5 Å². The molecular formula is C13H18O4. The van der Waals surface area contributed by atoms with Gasteiger partial charge in [0.1, 0.15) is 17.1 Å². The van der Waals surface area contributed by atoms with Gasteiger partial charge in [0.15, 0.2) is 0 Å². The number of benzene rings is 1. The number of phenols is 2. The first-order valence-corrected chi connectivity index (χ1v) is 5.70. The van der Waals surface area contributed by atoms with Crippen LogP contribution in [0.2, 0.25) is 0 Å². The van der Waals surface area contributed by atoms with Crippen LogP contribution in [0, 0.1) is 5.92 Å². The van der Waals surface area contributed by atoms with Crippen LogP contribution in [0.4, 0.5) is 0 Å². The number of carboxylic acid groups (broad SMARTS) is 1. The third-order valence-electron chi connectivity index (χ3n) is 2.65. The van der Waals surface area contributed by atoms with Gasteiger partial charge in [0, 0.05) is 6.07 Å². The minimum Gasteiger partial charge on any atom is -0.508 e. The summed E-state index contributed by atoms with van der Waals surface area (Å²) in [6.07, 6.45) is 2.52. The fourth-order valence-electron chi connectivity index (χ4n) is 1.69. The molecule has 0 aliphatic rings. The number of aromatic hydroxyl groups is 2. The van der Waals surface area contributed by atoms with Gasteiger partial charge in [0.2, 0.25) is 0 Å². The van der Waals surface area contributed by atoms with Crippen LogP contribution in [-0.4, -0.2) is 21.3 Å². The molecule has 94 valence electrons. The van der Waals surface area contributed by atoms with E-state index >= 15 is 0 Å². The number of carbonyl (C=O) groups is 1. The first-order chi connectivity index (χ1) is 7.91. The lowest BCUT2D eigenvalue weighted by Crippen LogP contribution is -1.99. The molecule has 0 amide bonds. The molecule has 0 bridgehead atoms. The lowest BCUT2D eigenvalue weighted by molar-refractivity contribution is 0.0693. The van der Waals surface area contributed by atoms with Crippen molar-refractivity contribution in [3.05, 3.63) is 23.3 Å². The Kier molecular flexibility index (Phi) is 4.37. The number of hydrogen-bond donors (Lipinski definition) is 3. The van der Waals surface area contributed by atoms with Gasteiger partial charge in [-0.25, -0.2) is 4.79 Å². The first-order valence-electron chi connectivity index (χ1n) is 5.70. The standard InChI is InChI=1S/C13H18O4/c1-8(2)4-3-5-9-6-10(13(16)17)12(15)7-11(9)14/h6-8,14-15H,3-5H2,1-2H3,(H,16,17). The molecule has 0 spiro atoms. The Morgan fingerprint density at radius 3 is 2.41 bits per heavy atom. The molecule has 1 aromatic rings. The zero-order valence-corrected chi connectivity index (χ0v) is 10.1. The smallest absolute Gasteiger partial charge is 0.339 e. The maximum absolute atomic E-state index is 10.8. The third-order valence-corrected chi connectivity index (χ3v) is 2.65. The lowest BCUT2D eigenvalue weighted by Gasteiger charge is -2.09. The van der Waals surface area contributed by atoms with Gasteiger partial charge in [-0.3, -0.25) is 0 Å². The summed E-state index contributed by atoms with van der Waals surface area (Å²) in [5, 5.41) is 27.8. The van der Waals surface area contributed by atoms with Gasteiger partial charge in [-0.05, 0) is 30.4 Å². The molecule has 1 rings (SSSR count). The quantitative estimate of drug-likeness (QED) is 0.737. The summed E-state index contributed by atoms with van der Waals surface area (Å²) < 4.78 is 0. The monoisotopic (exact) mass is 238 g/mol. The highest BCUT2D eigenvalue weighted by atomic mass is 16.4. The van der Waals surface area contributed by atoms with Crippen LogP contribution in [0.15, 0.2) is 12.1 Å². The Balaban J connectivity index is 2.84. The zero-order chi connectivity index (χ0) is 13.0. The summed E-state index contributed by atoms with van der Waals surface area (Å²) in [7, 11) is 0.